The molecule has 1 N–H and O–H groups in total. The maximum absolute atomic E-state index is 11.9. The van der Waals surface area contributed by atoms with Crippen molar-refractivity contribution in [3.63, 3.8) is 0 Å². The first-order valence-electron chi connectivity index (χ1n) is 7.01. The molecule has 1 amide bonds. The minimum atomic E-state index is -0.241. The van der Waals surface area contributed by atoms with Gasteiger partial charge in [-0.3, -0.25) is 9.69 Å². The van der Waals surface area contributed by atoms with Gasteiger partial charge in [0.2, 0.25) is 0 Å². The third-order valence-corrected chi connectivity index (χ3v) is 3.77. The maximum Gasteiger partial charge on any atom is 0.258 e. The van der Waals surface area contributed by atoms with Gasteiger partial charge in [-0.05, 0) is 44.4 Å². The van der Waals surface area contributed by atoms with Gasteiger partial charge < -0.3 is 14.5 Å². The van der Waals surface area contributed by atoms with Crippen molar-refractivity contribution in [1.82, 2.24) is 10.2 Å². The third kappa shape index (κ3) is 5.16. The summed E-state index contributed by atoms with van der Waals surface area (Å²) < 4.78 is 10.8. The van der Waals surface area contributed by atoms with Gasteiger partial charge >= 0.3 is 0 Å². The molecule has 0 saturated carbocycles. The van der Waals surface area contributed by atoms with Crippen LogP contribution in [0.1, 0.15) is 11.8 Å². The number of hydrogen-bond donors (Lipinski definition) is 1. The summed E-state index contributed by atoms with van der Waals surface area (Å²) in [5, 5.41) is 3.70. The zero-order valence-electron chi connectivity index (χ0n) is 12.9. The number of furan rings is 1. The summed E-state index contributed by atoms with van der Waals surface area (Å²) >= 11 is 11.8. The Morgan fingerprint density at radius 2 is 2.13 bits per heavy atom. The number of nitrogens with zero attached hydrogens (tertiary/aromatic N) is 1. The Morgan fingerprint density at radius 3 is 2.74 bits per heavy atom. The average Bonchev–Trinajstić information content (AvgIpc) is 3.00. The maximum atomic E-state index is 11.9. The van der Waals surface area contributed by atoms with E-state index in [9.17, 15) is 4.79 Å². The van der Waals surface area contributed by atoms with E-state index >= 15 is 0 Å². The Bertz CT molecular complexity index is 645. The highest BCUT2D eigenvalue weighted by Gasteiger charge is 2.18. The molecule has 5 nitrogen and oxygen atoms in total. The van der Waals surface area contributed by atoms with Crippen LogP contribution in [0.5, 0.6) is 5.75 Å². The van der Waals surface area contributed by atoms with Crippen LogP contribution in [-0.2, 0) is 4.79 Å². The number of benzene rings is 1. The fourth-order valence-corrected chi connectivity index (χ4v) is 2.48. The lowest BCUT2D eigenvalue weighted by molar-refractivity contribution is -0.123. The largest absolute Gasteiger partial charge is 0.482 e. The fourth-order valence-electron chi connectivity index (χ4n) is 2.02. The van der Waals surface area contributed by atoms with Gasteiger partial charge in [-0.25, -0.2) is 0 Å². The Hall–Kier alpha value is -1.69. The second-order valence-corrected chi connectivity index (χ2v) is 6.01. The predicted octanol–water partition coefficient (Wildman–Crippen LogP) is 3.38. The molecular formula is C16H18Cl2N2O3. The van der Waals surface area contributed by atoms with Gasteiger partial charge in [-0.15, -0.1) is 0 Å². The van der Waals surface area contributed by atoms with Crippen molar-refractivity contribution in [3.05, 3.63) is 52.4 Å². The molecule has 7 heteroatoms. The summed E-state index contributed by atoms with van der Waals surface area (Å²) in [6, 6.07) is 8.49. The number of halogens is 2. The van der Waals surface area contributed by atoms with Crippen LogP contribution in [0.15, 0.2) is 41.0 Å². The van der Waals surface area contributed by atoms with E-state index in [1.807, 2.05) is 31.1 Å². The van der Waals surface area contributed by atoms with E-state index in [1.165, 1.54) is 0 Å². The predicted molar refractivity (Wildman–Crippen MR) is 90.1 cm³/mol. The van der Waals surface area contributed by atoms with Gasteiger partial charge in [0.1, 0.15) is 11.5 Å². The normalized spacial score (nSPS) is 12.2. The molecule has 1 aromatic heterocycles. The van der Waals surface area contributed by atoms with E-state index in [4.69, 9.17) is 32.4 Å². The number of carbonyl (C=O) groups excluding carboxylic acids is 1. The third-order valence-electron chi connectivity index (χ3n) is 3.24. The molecule has 124 valence electrons. The quantitative estimate of drug-likeness (QED) is 0.825. The summed E-state index contributed by atoms with van der Waals surface area (Å²) in [4.78, 5) is 13.9. The molecule has 0 radical (unpaired) electrons. The smallest absolute Gasteiger partial charge is 0.258 e. The van der Waals surface area contributed by atoms with Crippen LogP contribution in [0, 0.1) is 0 Å². The number of hydrogen-bond acceptors (Lipinski definition) is 4. The molecule has 1 heterocycles. The van der Waals surface area contributed by atoms with Crippen molar-refractivity contribution in [1.29, 1.82) is 0 Å². The van der Waals surface area contributed by atoms with E-state index in [-0.39, 0.29) is 18.6 Å². The molecule has 2 aromatic rings. The van der Waals surface area contributed by atoms with Crippen LogP contribution >= 0.6 is 23.2 Å². The lowest BCUT2D eigenvalue weighted by Crippen LogP contribution is -2.36. The standard InChI is InChI=1S/C16H18Cl2N2O3/c1-20(2)13(15-4-3-7-22-15)9-19-16(21)10-23-14-6-5-11(17)8-12(14)18/h3-8,13H,9-10H2,1-2H3,(H,19,21). The molecule has 0 saturated heterocycles. The summed E-state index contributed by atoms with van der Waals surface area (Å²) in [6.07, 6.45) is 1.61. The highest BCUT2D eigenvalue weighted by molar-refractivity contribution is 6.35. The second-order valence-electron chi connectivity index (χ2n) is 5.16. The molecular weight excluding hydrogens is 339 g/mol. The monoisotopic (exact) mass is 356 g/mol. The number of ether oxygens (including phenoxy) is 1. The minimum Gasteiger partial charge on any atom is -0.482 e. The number of amides is 1. The summed E-state index contributed by atoms with van der Waals surface area (Å²) in [6.45, 7) is 0.288. The van der Waals surface area contributed by atoms with Gasteiger partial charge in [-0.2, -0.15) is 0 Å². The zero-order valence-corrected chi connectivity index (χ0v) is 14.4. The van der Waals surface area contributed by atoms with Crippen LogP contribution < -0.4 is 10.1 Å². The SMILES string of the molecule is CN(C)C(CNC(=O)COc1ccc(Cl)cc1Cl)c1ccco1. The van der Waals surface area contributed by atoms with E-state index in [0.29, 0.717) is 22.3 Å². The molecule has 0 bridgehead atoms. The van der Waals surface area contributed by atoms with E-state index < -0.39 is 0 Å². The Morgan fingerprint density at radius 1 is 1.35 bits per heavy atom. The zero-order chi connectivity index (χ0) is 16.8. The van der Waals surface area contributed by atoms with E-state index in [0.717, 1.165) is 5.76 Å². The molecule has 0 spiro atoms. The van der Waals surface area contributed by atoms with Gasteiger partial charge in [-0.1, -0.05) is 23.2 Å². The topological polar surface area (TPSA) is 54.7 Å². The molecule has 0 aliphatic rings. The molecule has 1 unspecified atom stereocenters. The van der Waals surface area contributed by atoms with Crippen molar-refractivity contribution in [2.75, 3.05) is 27.2 Å². The van der Waals surface area contributed by atoms with Crippen LogP contribution in [0.4, 0.5) is 0 Å². The van der Waals surface area contributed by atoms with Crippen molar-refractivity contribution >= 4 is 29.1 Å². The van der Waals surface area contributed by atoms with Crippen molar-refractivity contribution in [2.24, 2.45) is 0 Å². The molecule has 1 atom stereocenters. The molecule has 0 fully saturated rings. The molecule has 1 aromatic carbocycles. The number of carbonyl (C=O) groups is 1. The molecule has 0 aliphatic carbocycles. The highest BCUT2D eigenvalue weighted by atomic mass is 35.5. The summed E-state index contributed by atoms with van der Waals surface area (Å²) in [5.41, 5.74) is 0. The van der Waals surface area contributed by atoms with Gasteiger partial charge in [0.05, 0.1) is 17.3 Å². The summed E-state index contributed by atoms with van der Waals surface area (Å²) in [7, 11) is 3.84. The molecule has 0 aliphatic heterocycles. The summed E-state index contributed by atoms with van der Waals surface area (Å²) in [5.74, 6) is 0.966. The van der Waals surface area contributed by atoms with Crippen LogP contribution in [-0.4, -0.2) is 38.1 Å². The van der Waals surface area contributed by atoms with E-state index in [1.54, 1.807) is 24.5 Å². The average molecular weight is 357 g/mol. The van der Waals surface area contributed by atoms with Crippen LogP contribution in [0.3, 0.4) is 0 Å². The highest BCUT2D eigenvalue weighted by Crippen LogP contribution is 2.27. The van der Waals surface area contributed by atoms with E-state index in [2.05, 4.69) is 5.32 Å². The lowest BCUT2D eigenvalue weighted by Gasteiger charge is -2.22. The lowest BCUT2D eigenvalue weighted by atomic mass is 10.2. The van der Waals surface area contributed by atoms with Gasteiger partial charge in [0.25, 0.3) is 5.91 Å². The molecule has 23 heavy (non-hydrogen) atoms. The number of nitrogens with one attached hydrogen (secondary N) is 1. The Labute approximate surface area is 145 Å². The van der Waals surface area contributed by atoms with Gasteiger partial charge in [0, 0.05) is 11.6 Å². The number of likely N-dealkylation sites (N-methyl/N-ethyl adjacent to an activating group) is 1. The van der Waals surface area contributed by atoms with Crippen molar-refractivity contribution in [3.8, 4) is 5.75 Å². The van der Waals surface area contributed by atoms with Crippen molar-refractivity contribution < 1.29 is 13.9 Å². The van der Waals surface area contributed by atoms with Gasteiger partial charge in [0.15, 0.2) is 6.61 Å². The first-order chi connectivity index (χ1) is 11.0. The van der Waals surface area contributed by atoms with Crippen LogP contribution in [0.2, 0.25) is 10.0 Å². The van der Waals surface area contributed by atoms with Crippen molar-refractivity contribution in [2.45, 2.75) is 6.04 Å². The minimum absolute atomic E-state index is 0.0481. The second kappa shape index (κ2) is 8.24. The fraction of sp³-hybridized carbons (Fsp3) is 0.312. The first-order valence-corrected chi connectivity index (χ1v) is 7.77. The first kappa shape index (κ1) is 17.7. The number of rotatable bonds is 7. The van der Waals surface area contributed by atoms with Crippen LogP contribution in [0.25, 0.3) is 0 Å². The molecule has 2 rings (SSSR count). The Kier molecular flexibility index (Phi) is 6.33. The Balaban J connectivity index is 1.84.